The zero-order valence-corrected chi connectivity index (χ0v) is 14.5. The molecule has 0 amide bonds. The van der Waals surface area contributed by atoms with Gasteiger partial charge in [-0.1, -0.05) is 13.3 Å². The van der Waals surface area contributed by atoms with Crippen LogP contribution in [-0.2, 0) is 6.42 Å². The Balaban J connectivity index is 2.27. The van der Waals surface area contributed by atoms with Gasteiger partial charge in [0.05, 0.1) is 19.9 Å². The van der Waals surface area contributed by atoms with Crippen LogP contribution in [0.5, 0.6) is 11.5 Å². The van der Waals surface area contributed by atoms with E-state index in [0.717, 1.165) is 36.1 Å². The van der Waals surface area contributed by atoms with E-state index in [1.54, 1.807) is 14.2 Å². The average molecular weight is 343 g/mol. The molecule has 0 bridgehead atoms. The van der Waals surface area contributed by atoms with Gasteiger partial charge in [-0.2, -0.15) is 0 Å². The number of rotatable bonds is 5. The average Bonchev–Trinajstić information content (AvgIpc) is 2.60. The number of nitrogens with zero attached hydrogens (tertiary/aromatic N) is 1. The van der Waals surface area contributed by atoms with Crippen molar-refractivity contribution in [3.05, 3.63) is 45.7 Å². The van der Waals surface area contributed by atoms with Crippen LogP contribution in [0.1, 0.15) is 41.7 Å². The summed E-state index contributed by atoms with van der Waals surface area (Å²) in [5.74, 6) is 0.0274. The lowest BCUT2D eigenvalue weighted by atomic mass is 9.90. The van der Waals surface area contributed by atoms with Crippen molar-refractivity contribution >= 4 is 5.97 Å². The highest BCUT2D eigenvalue weighted by Crippen LogP contribution is 2.41. The van der Waals surface area contributed by atoms with E-state index in [-0.39, 0.29) is 11.6 Å². The third-order valence-electron chi connectivity index (χ3n) is 4.67. The molecule has 1 aliphatic heterocycles. The summed E-state index contributed by atoms with van der Waals surface area (Å²) >= 11 is 0. The van der Waals surface area contributed by atoms with Crippen molar-refractivity contribution in [3.8, 4) is 22.8 Å². The minimum atomic E-state index is -1.20. The molecule has 25 heavy (non-hydrogen) atoms. The van der Waals surface area contributed by atoms with E-state index in [2.05, 4.69) is 6.92 Å². The van der Waals surface area contributed by atoms with Gasteiger partial charge in [0.15, 0.2) is 16.9 Å². The maximum Gasteiger partial charge on any atom is 0.341 e. The van der Waals surface area contributed by atoms with Crippen molar-refractivity contribution in [3.63, 3.8) is 0 Å². The topological polar surface area (TPSA) is 77.8 Å². The van der Waals surface area contributed by atoms with Crippen LogP contribution in [0.3, 0.4) is 0 Å². The number of hydrogen-bond acceptors (Lipinski definition) is 4. The molecule has 0 saturated heterocycles. The molecule has 3 rings (SSSR count). The van der Waals surface area contributed by atoms with Crippen LogP contribution in [0.4, 0.5) is 0 Å². The minimum absolute atomic E-state index is 0.101. The molecule has 6 nitrogen and oxygen atoms in total. The standard InChI is InChI=1S/C19H21NO5/c1-4-5-12-6-11-7-17(24-2)18(25-3)8-13(11)15-9-16(21)14(19(22)23)10-20(12)15/h7-10,12H,4-6H2,1-3H3,(H,22,23). The van der Waals surface area contributed by atoms with Crippen molar-refractivity contribution < 1.29 is 19.4 Å². The fourth-order valence-corrected chi connectivity index (χ4v) is 3.48. The lowest BCUT2D eigenvalue weighted by Crippen LogP contribution is -2.25. The lowest BCUT2D eigenvalue weighted by Gasteiger charge is -2.31. The number of ether oxygens (including phenoxy) is 2. The van der Waals surface area contributed by atoms with E-state index in [0.29, 0.717) is 11.5 Å². The van der Waals surface area contributed by atoms with E-state index < -0.39 is 11.4 Å². The maximum atomic E-state index is 12.2. The molecule has 0 fully saturated rings. The number of carboxylic acids is 1. The molecule has 6 heteroatoms. The Morgan fingerprint density at radius 3 is 2.52 bits per heavy atom. The molecule has 1 unspecified atom stereocenters. The number of pyridine rings is 1. The van der Waals surface area contributed by atoms with Crippen molar-refractivity contribution in [2.45, 2.75) is 32.2 Å². The van der Waals surface area contributed by atoms with Gasteiger partial charge in [0.2, 0.25) is 0 Å². The number of fused-ring (bicyclic) bond motifs is 3. The van der Waals surface area contributed by atoms with Gasteiger partial charge in [-0.05, 0) is 30.5 Å². The molecule has 0 spiro atoms. The summed E-state index contributed by atoms with van der Waals surface area (Å²) in [6, 6.07) is 5.30. The summed E-state index contributed by atoms with van der Waals surface area (Å²) < 4.78 is 12.7. The van der Waals surface area contributed by atoms with Crippen LogP contribution in [-0.4, -0.2) is 29.9 Å². The van der Waals surface area contributed by atoms with Gasteiger partial charge in [-0.25, -0.2) is 4.79 Å². The van der Waals surface area contributed by atoms with Crippen LogP contribution < -0.4 is 14.9 Å². The first-order valence-electron chi connectivity index (χ1n) is 8.24. The normalized spacial score (nSPS) is 15.2. The lowest BCUT2D eigenvalue weighted by molar-refractivity contribution is 0.0694. The Kier molecular flexibility index (Phi) is 4.53. The van der Waals surface area contributed by atoms with Gasteiger partial charge in [0.25, 0.3) is 0 Å². The number of carbonyl (C=O) groups is 1. The molecule has 0 saturated carbocycles. The van der Waals surface area contributed by atoms with Crippen molar-refractivity contribution in [2.24, 2.45) is 0 Å². The van der Waals surface area contributed by atoms with Crippen molar-refractivity contribution in [2.75, 3.05) is 14.2 Å². The molecular formula is C19H21NO5. The maximum absolute atomic E-state index is 12.2. The van der Waals surface area contributed by atoms with Gasteiger partial charge in [-0.3, -0.25) is 4.79 Å². The SMILES string of the molecule is CCCC1Cc2cc(OC)c(OC)cc2-c2cc(=O)c(C(=O)O)cn21. The molecule has 1 aromatic heterocycles. The molecule has 1 aliphatic rings. The first-order chi connectivity index (χ1) is 12.0. The summed E-state index contributed by atoms with van der Waals surface area (Å²) in [4.78, 5) is 23.6. The Bertz CT molecular complexity index is 884. The zero-order chi connectivity index (χ0) is 18.1. The Hall–Kier alpha value is -2.76. The second kappa shape index (κ2) is 6.63. The van der Waals surface area contributed by atoms with Crippen LogP contribution >= 0.6 is 0 Å². The number of benzene rings is 1. The summed E-state index contributed by atoms with van der Waals surface area (Å²) in [5, 5.41) is 9.28. The molecular weight excluding hydrogens is 322 g/mol. The third kappa shape index (κ3) is 2.88. The van der Waals surface area contributed by atoms with E-state index in [1.807, 2.05) is 16.7 Å². The van der Waals surface area contributed by atoms with Gasteiger partial charge >= 0.3 is 5.97 Å². The molecule has 2 aromatic rings. The van der Waals surface area contributed by atoms with Crippen molar-refractivity contribution in [1.29, 1.82) is 0 Å². The molecule has 0 radical (unpaired) electrons. The zero-order valence-electron chi connectivity index (χ0n) is 14.5. The first-order valence-corrected chi connectivity index (χ1v) is 8.24. The summed E-state index contributed by atoms with van der Waals surface area (Å²) in [5.41, 5.74) is 1.97. The Morgan fingerprint density at radius 1 is 1.24 bits per heavy atom. The fraction of sp³-hybridized carbons (Fsp3) is 0.368. The predicted molar refractivity (Wildman–Crippen MR) is 93.9 cm³/mol. The van der Waals surface area contributed by atoms with Gasteiger partial charge in [0, 0.05) is 23.9 Å². The number of methoxy groups -OCH3 is 2. The van der Waals surface area contributed by atoms with Crippen LogP contribution in [0, 0.1) is 0 Å². The minimum Gasteiger partial charge on any atom is -0.493 e. The second-order valence-corrected chi connectivity index (χ2v) is 6.16. The number of carboxylic acid groups (broad SMARTS) is 1. The second-order valence-electron chi connectivity index (χ2n) is 6.16. The number of aromatic nitrogens is 1. The fourth-order valence-electron chi connectivity index (χ4n) is 3.48. The van der Waals surface area contributed by atoms with Crippen LogP contribution in [0.25, 0.3) is 11.3 Å². The number of hydrogen-bond donors (Lipinski definition) is 1. The highest BCUT2D eigenvalue weighted by molar-refractivity contribution is 5.87. The van der Waals surface area contributed by atoms with Crippen LogP contribution in [0.2, 0.25) is 0 Å². The summed E-state index contributed by atoms with van der Waals surface area (Å²) in [6.45, 7) is 2.09. The predicted octanol–water partition coefficient (Wildman–Crippen LogP) is 3.13. The summed E-state index contributed by atoms with van der Waals surface area (Å²) in [7, 11) is 3.15. The molecule has 1 aromatic carbocycles. The van der Waals surface area contributed by atoms with E-state index in [9.17, 15) is 14.7 Å². The Labute approximate surface area is 145 Å². The molecule has 1 atom stereocenters. The highest BCUT2D eigenvalue weighted by atomic mass is 16.5. The highest BCUT2D eigenvalue weighted by Gasteiger charge is 2.27. The summed E-state index contributed by atoms with van der Waals surface area (Å²) in [6.07, 6.45) is 4.07. The number of aromatic carboxylic acids is 1. The van der Waals surface area contributed by atoms with E-state index >= 15 is 0 Å². The molecule has 2 heterocycles. The first kappa shape index (κ1) is 17.1. The molecule has 0 aliphatic carbocycles. The van der Waals surface area contributed by atoms with E-state index in [4.69, 9.17) is 9.47 Å². The van der Waals surface area contributed by atoms with Crippen molar-refractivity contribution in [1.82, 2.24) is 4.57 Å². The smallest absolute Gasteiger partial charge is 0.341 e. The molecule has 132 valence electrons. The molecule has 1 N–H and O–H groups in total. The third-order valence-corrected chi connectivity index (χ3v) is 4.67. The quantitative estimate of drug-likeness (QED) is 0.902. The van der Waals surface area contributed by atoms with Gasteiger partial charge < -0.3 is 19.1 Å². The largest absolute Gasteiger partial charge is 0.493 e. The van der Waals surface area contributed by atoms with Gasteiger partial charge in [0.1, 0.15) is 5.56 Å². The monoisotopic (exact) mass is 343 g/mol. The van der Waals surface area contributed by atoms with E-state index in [1.165, 1.54) is 12.3 Å². The van der Waals surface area contributed by atoms with Gasteiger partial charge in [-0.15, -0.1) is 0 Å². The van der Waals surface area contributed by atoms with Crippen LogP contribution in [0.15, 0.2) is 29.2 Å². The Morgan fingerprint density at radius 2 is 1.92 bits per heavy atom.